The van der Waals surface area contributed by atoms with Gasteiger partial charge in [-0.1, -0.05) is 18.7 Å². The first kappa shape index (κ1) is 12.0. The summed E-state index contributed by atoms with van der Waals surface area (Å²) in [5.74, 6) is 0.283. The van der Waals surface area contributed by atoms with Crippen molar-refractivity contribution in [2.45, 2.75) is 0 Å². The van der Waals surface area contributed by atoms with Gasteiger partial charge < -0.3 is 9.47 Å². The molecule has 0 spiro atoms. The molecule has 0 radical (unpaired) electrons. The molecule has 0 fully saturated rings. The monoisotopic (exact) mass is 318 g/mol. The van der Waals surface area contributed by atoms with E-state index in [0.717, 1.165) is 9.13 Å². The minimum absolute atomic E-state index is 0.0695. The second-order valence-electron chi connectivity index (χ2n) is 2.76. The molecule has 15 heavy (non-hydrogen) atoms. The van der Waals surface area contributed by atoms with E-state index in [1.807, 2.05) is 18.2 Å². The molecular formula is C11H11IO3. The fraction of sp³-hybridized carbons (Fsp3) is 0.182. The highest BCUT2D eigenvalue weighted by molar-refractivity contribution is 14.1. The third-order valence-electron chi connectivity index (χ3n) is 1.76. The Labute approximate surface area is 102 Å². The Hall–Kier alpha value is -1.04. The van der Waals surface area contributed by atoms with E-state index in [-0.39, 0.29) is 6.61 Å². The van der Waals surface area contributed by atoms with Crippen molar-refractivity contribution in [3.8, 4) is 5.75 Å². The summed E-state index contributed by atoms with van der Waals surface area (Å²) in [5, 5.41) is 0. The predicted molar refractivity (Wildman–Crippen MR) is 66.8 cm³/mol. The largest absolute Gasteiger partial charge is 0.481 e. The predicted octanol–water partition coefficient (Wildman–Crippen LogP) is 2.49. The topological polar surface area (TPSA) is 35.5 Å². The number of methoxy groups -OCH3 is 1. The Morgan fingerprint density at radius 2 is 2.33 bits per heavy atom. The number of halogens is 1. The van der Waals surface area contributed by atoms with Gasteiger partial charge in [-0.3, -0.25) is 0 Å². The van der Waals surface area contributed by atoms with Crippen LogP contribution < -0.4 is 4.74 Å². The molecule has 1 aromatic carbocycles. The van der Waals surface area contributed by atoms with Crippen LogP contribution in [0.15, 0.2) is 24.8 Å². The first-order valence-electron chi connectivity index (χ1n) is 4.29. The van der Waals surface area contributed by atoms with Crippen molar-refractivity contribution in [2.75, 3.05) is 13.7 Å². The van der Waals surface area contributed by atoms with Gasteiger partial charge in [0.1, 0.15) is 5.75 Å². The van der Waals surface area contributed by atoms with Crippen LogP contribution >= 0.6 is 22.6 Å². The molecule has 80 valence electrons. The van der Waals surface area contributed by atoms with Gasteiger partial charge in [0, 0.05) is 0 Å². The Balaban J connectivity index is 2.70. The average Bonchev–Trinajstić information content (AvgIpc) is 2.26. The van der Waals surface area contributed by atoms with E-state index < -0.39 is 5.97 Å². The van der Waals surface area contributed by atoms with Crippen LogP contribution in [0.1, 0.15) is 5.56 Å². The second kappa shape index (κ2) is 5.75. The number of carbonyl (C=O) groups excluding carboxylic acids is 1. The molecule has 0 N–H and O–H groups in total. The summed E-state index contributed by atoms with van der Waals surface area (Å²) in [6, 6.07) is 5.61. The number of esters is 1. The highest BCUT2D eigenvalue weighted by atomic mass is 127. The molecule has 0 aliphatic rings. The lowest BCUT2D eigenvalue weighted by molar-refractivity contribution is -0.142. The van der Waals surface area contributed by atoms with Crippen molar-refractivity contribution < 1.29 is 14.3 Å². The normalized spacial score (nSPS) is 9.47. The van der Waals surface area contributed by atoms with Gasteiger partial charge in [-0.2, -0.15) is 0 Å². The maximum Gasteiger partial charge on any atom is 0.343 e. The Morgan fingerprint density at radius 3 is 2.87 bits per heavy atom. The SMILES string of the molecule is C=Cc1ccc(OCC(=O)OC)c(I)c1. The Morgan fingerprint density at radius 1 is 1.60 bits per heavy atom. The van der Waals surface area contributed by atoms with E-state index >= 15 is 0 Å². The van der Waals surface area contributed by atoms with E-state index in [2.05, 4.69) is 33.9 Å². The van der Waals surface area contributed by atoms with Crippen molar-refractivity contribution in [3.05, 3.63) is 33.9 Å². The smallest absolute Gasteiger partial charge is 0.343 e. The zero-order valence-corrected chi connectivity index (χ0v) is 10.5. The summed E-state index contributed by atoms with van der Waals surface area (Å²) < 4.78 is 10.7. The third kappa shape index (κ3) is 3.54. The Bertz CT molecular complexity index is 374. The first-order chi connectivity index (χ1) is 7.17. The average molecular weight is 318 g/mol. The molecule has 0 bridgehead atoms. The number of carbonyl (C=O) groups is 1. The number of hydrogen-bond donors (Lipinski definition) is 0. The van der Waals surface area contributed by atoms with Gasteiger partial charge in [-0.15, -0.1) is 0 Å². The maximum atomic E-state index is 10.9. The number of ether oxygens (including phenoxy) is 2. The summed E-state index contributed by atoms with van der Waals surface area (Å²) in [4.78, 5) is 10.9. The van der Waals surface area contributed by atoms with Crippen molar-refractivity contribution in [1.82, 2.24) is 0 Å². The molecular weight excluding hydrogens is 307 g/mol. The number of rotatable bonds is 4. The molecule has 1 aromatic rings. The van der Waals surface area contributed by atoms with E-state index in [4.69, 9.17) is 4.74 Å². The van der Waals surface area contributed by atoms with Crippen LogP contribution in [0.3, 0.4) is 0 Å². The van der Waals surface area contributed by atoms with E-state index in [1.165, 1.54) is 7.11 Å². The van der Waals surface area contributed by atoms with Gasteiger partial charge in [0.15, 0.2) is 6.61 Å². The zero-order chi connectivity index (χ0) is 11.3. The van der Waals surface area contributed by atoms with Crippen molar-refractivity contribution >= 4 is 34.6 Å². The lowest BCUT2D eigenvalue weighted by atomic mass is 10.2. The number of benzene rings is 1. The van der Waals surface area contributed by atoms with Gasteiger partial charge in [0.05, 0.1) is 10.7 Å². The van der Waals surface area contributed by atoms with Crippen molar-refractivity contribution in [1.29, 1.82) is 0 Å². The molecule has 0 saturated heterocycles. The molecule has 0 atom stereocenters. The van der Waals surface area contributed by atoms with Crippen molar-refractivity contribution in [3.63, 3.8) is 0 Å². The molecule has 0 aliphatic heterocycles. The molecule has 0 heterocycles. The van der Waals surface area contributed by atoms with E-state index in [0.29, 0.717) is 5.75 Å². The van der Waals surface area contributed by atoms with Crippen molar-refractivity contribution in [2.24, 2.45) is 0 Å². The summed E-state index contributed by atoms with van der Waals surface area (Å²) >= 11 is 2.14. The van der Waals surface area contributed by atoms with Crippen LogP contribution in [0.25, 0.3) is 6.08 Å². The van der Waals surface area contributed by atoms with Crippen LogP contribution in [0, 0.1) is 3.57 Å². The fourth-order valence-corrected chi connectivity index (χ4v) is 1.65. The van der Waals surface area contributed by atoms with Gasteiger partial charge in [-0.25, -0.2) is 4.79 Å². The lowest BCUT2D eigenvalue weighted by Gasteiger charge is -2.07. The molecule has 0 unspecified atom stereocenters. The second-order valence-corrected chi connectivity index (χ2v) is 3.92. The van der Waals surface area contributed by atoms with E-state index in [9.17, 15) is 4.79 Å². The Kier molecular flexibility index (Phi) is 4.61. The molecule has 0 aliphatic carbocycles. The lowest BCUT2D eigenvalue weighted by Crippen LogP contribution is -2.13. The van der Waals surface area contributed by atoms with Crippen LogP contribution in [0.2, 0.25) is 0 Å². The van der Waals surface area contributed by atoms with Gasteiger partial charge >= 0.3 is 5.97 Å². The highest BCUT2D eigenvalue weighted by Gasteiger charge is 2.05. The summed E-state index contributed by atoms with van der Waals surface area (Å²) in [5.41, 5.74) is 1.02. The van der Waals surface area contributed by atoms with Crippen LogP contribution in [0.4, 0.5) is 0 Å². The minimum Gasteiger partial charge on any atom is -0.481 e. The quantitative estimate of drug-likeness (QED) is 0.632. The fourth-order valence-electron chi connectivity index (χ4n) is 0.957. The molecule has 0 aromatic heterocycles. The van der Waals surface area contributed by atoms with Gasteiger partial charge in [0.2, 0.25) is 0 Å². The standard InChI is InChI=1S/C11H11IO3/c1-3-8-4-5-10(9(12)6-8)15-7-11(13)14-2/h3-6H,1,7H2,2H3. The molecule has 4 heteroatoms. The molecule has 3 nitrogen and oxygen atoms in total. The third-order valence-corrected chi connectivity index (χ3v) is 2.61. The molecule has 1 rings (SSSR count). The van der Waals surface area contributed by atoms with Gasteiger partial charge in [0.25, 0.3) is 0 Å². The van der Waals surface area contributed by atoms with E-state index in [1.54, 1.807) is 6.08 Å². The minimum atomic E-state index is -0.390. The van der Waals surface area contributed by atoms with Crippen LogP contribution in [-0.2, 0) is 9.53 Å². The summed E-state index contributed by atoms with van der Waals surface area (Å²) in [6.07, 6.45) is 1.76. The summed E-state index contributed by atoms with van der Waals surface area (Å²) in [6.45, 7) is 3.60. The number of hydrogen-bond acceptors (Lipinski definition) is 3. The van der Waals surface area contributed by atoms with Crippen LogP contribution in [-0.4, -0.2) is 19.7 Å². The highest BCUT2D eigenvalue weighted by Crippen LogP contribution is 2.22. The first-order valence-corrected chi connectivity index (χ1v) is 5.37. The molecule has 0 amide bonds. The molecule has 0 saturated carbocycles. The maximum absolute atomic E-state index is 10.9. The van der Waals surface area contributed by atoms with Crippen LogP contribution in [0.5, 0.6) is 5.75 Å². The van der Waals surface area contributed by atoms with Gasteiger partial charge in [-0.05, 0) is 40.3 Å². The summed E-state index contributed by atoms with van der Waals surface area (Å²) in [7, 11) is 1.33. The zero-order valence-electron chi connectivity index (χ0n) is 8.33.